The molecule has 0 atom stereocenters. The zero-order valence-electron chi connectivity index (χ0n) is 11.6. The molecule has 2 heterocycles. The van der Waals surface area contributed by atoms with Gasteiger partial charge in [-0.25, -0.2) is 4.98 Å². The molecule has 3 aromatic rings. The number of hydrogen-bond acceptors (Lipinski definition) is 3. The summed E-state index contributed by atoms with van der Waals surface area (Å²) >= 11 is 0. The van der Waals surface area contributed by atoms with Crippen molar-refractivity contribution in [2.75, 3.05) is 5.32 Å². The fraction of sp³-hybridized carbons (Fsp3) is 0.250. The molecule has 1 N–H and O–H groups in total. The Morgan fingerprint density at radius 3 is 3.05 bits per heavy atom. The smallest absolute Gasteiger partial charge is 0.207 e. The van der Waals surface area contributed by atoms with E-state index in [9.17, 15) is 0 Å². The minimum Gasteiger partial charge on any atom is -0.325 e. The summed E-state index contributed by atoms with van der Waals surface area (Å²) in [5, 5.41) is 5.70. The minimum atomic E-state index is 0.884. The lowest BCUT2D eigenvalue weighted by molar-refractivity contribution is 0.638. The summed E-state index contributed by atoms with van der Waals surface area (Å²) in [6.07, 6.45) is 9.88. The van der Waals surface area contributed by atoms with E-state index in [0.717, 1.165) is 30.0 Å². The molecule has 20 heavy (non-hydrogen) atoms. The predicted octanol–water partition coefficient (Wildman–Crippen LogP) is 3.98. The van der Waals surface area contributed by atoms with Crippen LogP contribution in [0.3, 0.4) is 0 Å². The third-order valence-corrected chi connectivity index (χ3v) is 3.40. The van der Waals surface area contributed by atoms with Crippen molar-refractivity contribution in [1.29, 1.82) is 0 Å². The van der Waals surface area contributed by atoms with Crippen LogP contribution in [0.25, 0.3) is 10.8 Å². The van der Waals surface area contributed by atoms with Crippen LogP contribution < -0.4 is 5.32 Å². The predicted molar refractivity (Wildman–Crippen MR) is 82.2 cm³/mol. The van der Waals surface area contributed by atoms with Crippen LogP contribution >= 0.6 is 0 Å². The molecule has 0 saturated carbocycles. The van der Waals surface area contributed by atoms with Crippen molar-refractivity contribution in [3.8, 4) is 0 Å². The summed E-state index contributed by atoms with van der Waals surface area (Å²) in [6.45, 7) is 3.18. The van der Waals surface area contributed by atoms with Crippen molar-refractivity contribution in [3.05, 3.63) is 49.1 Å². The molecule has 0 aliphatic rings. The highest BCUT2D eigenvalue weighted by Gasteiger charge is 2.05. The fourth-order valence-electron chi connectivity index (χ4n) is 2.28. The number of anilines is 2. The summed E-state index contributed by atoms with van der Waals surface area (Å²) in [5.74, 6) is 0.884. The maximum atomic E-state index is 4.40. The average Bonchev–Trinajstić information content (AvgIpc) is 2.93. The lowest BCUT2D eigenvalue weighted by atomic mass is 10.1. The number of fused-ring (bicyclic) bond motifs is 1. The lowest BCUT2D eigenvalue weighted by Gasteiger charge is -2.11. The molecule has 4 heteroatoms. The number of hydrogen-bond donors (Lipinski definition) is 1. The number of rotatable bonds is 5. The topological polar surface area (TPSA) is 42.7 Å². The first kappa shape index (κ1) is 12.7. The molecule has 0 fully saturated rings. The van der Waals surface area contributed by atoms with Gasteiger partial charge in [0, 0.05) is 36.7 Å². The largest absolute Gasteiger partial charge is 0.325 e. The molecule has 0 saturated heterocycles. The van der Waals surface area contributed by atoms with Gasteiger partial charge in [-0.3, -0.25) is 4.98 Å². The van der Waals surface area contributed by atoms with Crippen molar-refractivity contribution in [2.45, 2.75) is 26.3 Å². The van der Waals surface area contributed by atoms with E-state index in [1.165, 1.54) is 11.8 Å². The summed E-state index contributed by atoms with van der Waals surface area (Å²) in [6, 6.07) is 8.21. The molecule has 0 unspecified atom stereocenters. The number of aryl methyl sites for hydroxylation is 1. The van der Waals surface area contributed by atoms with E-state index in [0.29, 0.717) is 0 Å². The summed E-state index contributed by atoms with van der Waals surface area (Å²) in [7, 11) is 0. The quantitative estimate of drug-likeness (QED) is 0.759. The molecular weight excluding hydrogens is 248 g/mol. The van der Waals surface area contributed by atoms with Gasteiger partial charge >= 0.3 is 0 Å². The number of nitrogens with one attached hydrogen (secondary N) is 1. The zero-order chi connectivity index (χ0) is 13.8. The lowest BCUT2D eigenvalue weighted by Crippen LogP contribution is -2.03. The first-order valence-electron chi connectivity index (χ1n) is 6.99. The van der Waals surface area contributed by atoms with E-state index in [1.807, 2.05) is 36.9 Å². The van der Waals surface area contributed by atoms with Gasteiger partial charge in [0.2, 0.25) is 5.95 Å². The van der Waals surface area contributed by atoms with E-state index >= 15 is 0 Å². The highest BCUT2D eigenvalue weighted by atomic mass is 15.2. The molecule has 0 bridgehead atoms. The van der Waals surface area contributed by atoms with Crippen LogP contribution in [0.1, 0.15) is 19.8 Å². The molecule has 3 rings (SSSR count). The third-order valence-electron chi connectivity index (χ3n) is 3.40. The van der Waals surface area contributed by atoms with Crippen molar-refractivity contribution in [2.24, 2.45) is 0 Å². The Kier molecular flexibility index (Phi) is 3.63. The maximum Gasteiger partial charge on any atom is 0.207 e. The van der Waals surface area contributed by atoms with E-state index in [1.54, 1.807) is 0 Å². The second kappa shape index (κ2) is 5.74. The highest BCUT2D eigenvalue weighted by Crippen LogP contribution is 2.25. The van der Waals surface area contributed by atoms with Gasteiger partial charge in [-0.1, -0.05) is 25.5 Å². The van der Waals surface area contributed by atoms with Gasteiger partial charge in [0.05, 0.1) is 5.69 Å². The first-order valence-corrected chi connectivity index (χ1v) is 6.99. The van der Waals surface area contributed by atoms with Crippen LogP contribution in [0.5, 0.6) is 0 Å². The molecule has 4 nitrogen and oxygen atoms in total. The number of benzene rings is 1. The SMILES string of the molecule is CCCCn1ccnc1Nc1cccc2ccncc12. The van der Waals surface area contributed by atoms with Gasteiger partial charge in [-0.2, -0.15) is 0 Å². The van der Waals surface area contributed by atoms with E-state index in [2.05, 4.69) is 38.9 Å². The molecule has 102 valence electrons. The van der Waals surface area contributed by atoms with Crippen LogP contribution in [-0.4, -0.2) is 14.5 Å². The van der Waals surface area contributed by atoms with Gasteiger partial charge in [0.15, 0.2) is 0 Å². The average molecular weight is 266 g/mol. The van der Waals surface area contributed by atoms with Crippen LogP contribution in [0.15, 0.2) is 49.1 Å². The molecular formula is C16H18N4. The molecule has 1 aromatic carbocycles. The molecule has 2 aromatic heterocycles. The Hall–Kier alpha value is -2.36. The monoisotopic (exact) mass is 266 g/mol. The summed E-state index contributed by atoms with van der Waals surface area (Å²) in [4.78, 5) is 8.61. The number of pyridine rings is 1. The van der Waals surface area contributed by atoms with E-state index in [-0.39, 0.29) is 0 Å². The first-order chi connectivity index (χ1) is 9.88. The zero-order valence-corrected chi connectivity index (χ0v) is 11.6. The Labute approximate surface area is 118 Å². The highest BCUT2D eigenvalue weighted by molar-refractivity contribution is 5.94. The van der Waals surface area contributed by atoms with Crippen molar-refractivity contribution >= 4 is 22.4 Å². The van der Waals surface area contributed by atoms with Gasteiger partial charge in [0.1, 0.15) is 0 Å². The molecule has 0 aliphatic heterocycles. The number of aromatic nitrogens is 3. The standard InChI is InChI=1S/C16H18N4/c1-2-3-10-20-11-9-18-16(20)19-15-6-4-5-13-7-8-17-12-14(13)15/h4-9,11-12H,2-3,10H2,1H3,(H,18,19). The van der Waals surface area contributed by atoms with Crippen molar-refractivity contribution in [1.82, 2.24) is 14.5 Å². The fourth-order valence-corrected chi connectivity index (χ4v) is 2.28. The van der Waals surface area contributed by atoms with Gasteiger partial charge in [0.25, 0.3) is 0 Å². The van der Waals surface area contributed by atoms with Crippen molar-refractivity contribution in [3.63, 3.8) is 0 Å². The maximum absolute atomic E-state index is 4.40. The number of nitrogens with zero attached hydrogens (tertiary/aromatic N) is 3. The van der Waals surface area contributed by atoms with E-state index < -0.39 is 0 Å². The normalized spacial score (nSPS) is 10.8. The Morgan fingerprint density at radius 1 is 1.20 bits per heavy atom. The Balaban J connectivity index is 1.92. The summed E-state index contributed by atoms with van der Waals surface area (Å²) < 4.78 is 2.15. The molecule has 0 radical (unpaired) electrons. The van der Waals surface area contributed by atoms with Crippen LogP contribution in [-0.2, 0) is 6.54 Å². The number of imidazole rings is 1. The van der Waals surface area contributed by atoms with Crippen LogP contribution in [0.4, 0.5) is 11.6 Å². The Bertz CT molecular complexity index is 697. The molecule has 0 spiro atoms. The van der Waals surface area contributed by atoms with Crippen LogP contribution in [0, 0.1) is 0 Å². The van der Waals surface area contributed by atoms with E-state index in [4.69, 9.17) is 0 Å². The van der Waals surface area contributed by atoms with Gasteiger partial charge < -0.3 is 9.88 Å². The second-order valence-corrected chi connectivity index (χ2v) is 4.83. The second-order valence-electron chi connectivity index (χ2n) is 4.83. The molecule has 0 aliphatic carbocycles. The van der Waals surface area contributed by atoms with Gasteiger partial charge in [-0.05, 0) is 23.9 Å². The van der Waals surface area contributed by atoms with Crippen molar-refractivity contribution < 1.29 is 0 Å². The van der Waals surface area contributed by atoms with Crippen LogP contribution in [0.2, 0.25) is 0 Å². The molecule has 0 amide bonds. The summed E-state index contributed by atoms with van der Waals surface area (Å²) in [5.41, 5.74) is 1.04. The minimum absolute atomic E-state index is 0.884. The number of unbranched alkanes of at least 4 members (excludes halogenated alkanes) is 1. The Morgan fingerprint density at radius 2 is 2.15 bits per heavy atom. The third kappa shape index (κ3) is 2.50. The van der Waals surface area contributed by atoms with Gasteiger partial charge in [-0.15, -0.1) is 0 Å².